The fourth-order valence-corrected chi connectivity index (χ4v) is 9.05. The molecule has 64 heavy (non-hydrogen) atoms. The number of thioether (sulfide) groups is 1. The smallest absolute Gasteiger partial charge is 0.407 e. The van der Waals surface area contributed by atoms with Crippen LogP contribution in [-0.4, -0.2) is 116 Å². The van der Waals surface area contributed by atoms with E-state index in [0.717, 1.165) is 78.6 Å². The number of aldehydes is 1. The molecule has 348 valence electrons. The second kappa shape index (κ2) is 26.5. The minimum atomic E-state index is -1.40. The molecule has 2 aromatic carbocycles. The second-order valence-electron chi connectivity index (χ2n) is 17.2. The van der Waals surface area contributed by atoms with Crippen molar-refractivity contribution in [3.8, 4) is 11.1 Å². The Labute approximate surface area is 381 Å². The Bertz CT molecular complexity index is 2040. The SMILES string of the molecule is CN(CC(=O)NCCNC(=O)CCSCC(=O)N(CCCNC(=O)OCC[Si](C)(C)C)[C@@H](c1cc(-c2cc(F)ccc2F)cn1Cc1ccccc1)C1CCCCC1)C(=O)/C=C\C=O. The minimum absolute atomic E-state index is 0.0725. The molecule has 1 aliphatic rings. The Morgan fingerprint density at radius 1 is 0.938 bits per heavy atom. The van der Waals surface area contributed by atoms with Crippen LogP contribution in [0, 0.1) is 17.6 Å². The molecule has 1 saturated carbocycles. The molecule has 1 aromatic heterocycles. The van der Waals surface area contributed by atoms with Crippen LogP contribution < -0.4 is 16.0 Å². The third-order valence-electron chi connectivity index (χ3n) is 10.9. The molecule has 3 N–H and O–H groups in total. The summed E-state index contributed by atoms with van der Waals surface area (Å²) in [6.45, 7) is 8.09. The van der Waals surface area contributed by atoms with Gasteiger partial charge in [0.25, 0.3) is 0 Å². The van der Waals surface area contributed by atoms with Crippen LogP contribution in [0.2, 0.25) is 25.7 Å². The van der Waals surface area contributed by atoms with E-state index in [4.69, 9.17) is 4.74 Å². The van der Waals surface area contributed by atoms with Crippen molar-refractivity contribution < 1.29 is 42.3 Å². The number of nitrogens with one attached hydrogen (secondary N) is 3. The van der Waals surface area contributed by atoms with Gasteiger partial charge in [-0.15, -0.1) is 0 Å². The number of likely N-dealkylation sites (N-methyl/N-ethyl adjacent to an activating group) is 1. The molecule has 4 rings (SSSR count). The third-order valence-corrected chi connectivity index (χ3v) is 13.5. The number of allylic oxidation sites excluding steroid dienone is 1. The summed E-state index contributed by atoms with van der Waals surface area (Å²) >= 11 is 1.33. The monoisotopic (exact) mass is 922 g/mol. The maximum Gasteiger partial charge on any atom is 0.407 e. The third kappa shape index (κ3) is 17.7. The highest BCUT2D eigenvalue weighted by atomic mass is 32.2. The van der Waals surface area contributed by atoms with Crippen LogP contribution in [-0.2, 0) is 35.3 Å². The summed E-state index contributed by atoms with van der Waals surface area (Å²) in [6, 6.07) is 15.6. The van der Waals surface area contributed by atoms with E-state index < -0.39 is 43.7 Å². The van der Waals surface area contributed by atoms with Crippen molar-refractivity contribution in [1.82, 2.24) is 30.3 Å². The minimum Gasteiger partial charge on any atom is -0.450 e. The lowest BCUT2D eigenvalue weighted by molar-refractivity contribution is -0.132. The van der Waals surface area contributed by atoms with Crippen LogP contribution in [0.5, 0.6) is 0 Å². The average Bonchev–Trinajstić information content (AvgIpc) is 3.67. The van der Waals surface area contributed by atoms with E-state index in [1.54, 1.807) is 0 Å². The number of nitrogens with zero attached hydrogens (tertiary/aromatic N) is 3. The Balaban J connectivity index is 1.50. The van der Waals surface area contributed by atoms with Crippen molar-refractivity contribution >= 4 is 55.8 Å². The van der Waals surface area contributed by atoms with Crippen LogP contribution in [0.4, 0.5) is 13.6 Å². The lowest BCUT2D eigenvalue weighted by Gasteiger charge is -2.40. The summed E-state index contributed by atoms with van der Waals surface area (Å²) in [5.41, 5.74) is 2.45. The molecule has 0 aliphatic heterocycles. The highest BCUT2D eigenvalue weighted by Gasteiger charge is 2.35. The van der Waals surface area contributed by atoms with E-state index in [2.05, 4.69) is 35.6 Å². The van der Waals surface area contributed by atoms with Crippen LogP contribution >= 0.6 is 11.8 Å². The average molecular weight is 923 g/mol. The van der Waals surface area contributed by atoms with Gasteiger partial charge in [-0.25, -0.2) is 13.6 Å². The number of alkyl carbamates (subject to hydrolysis) is 1. The molecule has 5 amide bonds. The number of carbonyl (C=O) groups is 6. The fraction of sp³-hybridized carbons (Fsp3) is 0.489. The van der Waals surface area contributed by atoms with Crippen LogP contribution in [0.1, 0.15) is 62.2 Å². The Kier molecular flexibility index (Phi) is 21.2. The summed E-state index contributed by atoms with van der Waals surface area (Å²) in [5.74, 6) is -1.92. The first kappa shape index (κ1) is 51.3. The van der Waals surface area contributed by atoms with Crippen molar-refractivity contribution in [2.24, 2.45) is 5.92 Å². The van der Waals surface area contributed by atoms with Gasteiger partial charge in [0.05, 0.1) is 24.9 Å². The Morgan fingerprint density at radius 2 is 1.66 bits per heavy atom. The zero-order chi connectivity index (χ0) is 46.5. The molecule has 1 aliphatic carbocycles. The van der Waals surface area contributed by atoms with Crippen LogP contribution in [0.25, 0.3) is 11.1 Å². The second-order valence-corrected chi connectivity index (χ2v) is 24.0. The zero-order valence-electron chi connectivity index (χ0n) is 37.5. The van der Waals surface area contributed by atoms with E-state index >= 15 is 4.39 Å². The number of hydrogen-bond donors (Lipinski definition) is 3. The number of aromatic nitrogens is 1. The predicted octanol–water partition coefficient (Wildman–Crippen LogP) is 6.96. The number of rotatable bonds is 25. The quantitative estimate of drug-likeness (QED) is 0.0357. The molecule has 17 heteroatoms. The molecule has 0 radical (unpaired) electrons. The number of hydrogen-bond acceptors (Lipinski definition) is 8. The van der Waals surface area contributed by atoms with Gasteiger partial charge in [-0.3, -0.25) is 24.0 Å². The first-order valence-corrected chi connectivity index (χ1v) is 26.9. The first-order valence-electron chi connectivity index (χ1n) is 22.0. The number of amides is 5. The van der Waals surface area contributed by atoms with E-state index in [0.29, 0.717) is 43.7 Å². The van der Waals surface area contributed by atoms with Crippen molar-refractivity contribution in [2.45, 2.75) is 83.2 Å². The van der Waals surface area contributed by atoms with Gasteiger partial charge in [0.2, 0.25) is 23.6 Å². The Hall–Kier alpha value is -5.29. The fourth-order valence-electron chi connectivity index (χ4n) is 7.52. The topological polar surface area (TPSA) is 159 Å². The number of ether oxygens (including phenoxy) is 1. The van der Waals surface area contributed by atoms with E-state index in [9.17, 15) is 33.2 Å². The van der Waals surface area contributed by atoms with Gasteiger partial charge in [0, 0.05) is 89.1 Å². The zero-order valence-corrected chi connectivity index (χ0v) is 39.4. The number of benzene rings is 2. The van der Waals surface area contributed by atoms with Gasteiger partial charge in [0.1, 0.15) is 17.9 Å². The molecule has 0 saturated heterocycles. The van der Waals surface area contributed by atoms with Gasteiger partial charge < -0.3 is 35.1 Å². The van der Waals surface area contributed by atoms with Gasteiger partial charge in [-0.2, -0.15) is 11.8 Å². The normalized spacial score (nSPS) is 13.5. The highest BCUT2D eigenvalue weighted by Crippen LogP contribution is 2.41. The lowest BCUT2D eigenvalue weighted by Crippen LogP contribution is -2.43. The van der Waals surface area contributed by atoms with E-state index in [-0.39, 0.29) is 61.6 Å². The Morgan fingerprint density at radius 3 is 2.36 bits per heavy atom. The summed E-state index contributed by atoms with van der Waals surface area (Å²) in [5, 5.41) is 8.24. The van der Waals surface area contributed by atoms with Crippen molar-refractivity contribution in [1.29, 1.82) is 0 Å². The highest BCUT2D eigenvalue weighted by molar-refractivity contribution is 7.99. The molecule has 0 spiro atoms. The first-order chi connectivity index (χ1) is 30.6. The van der Waals surface area contributed by atoms with E-state index in [1.165, 1.54) is 24.9 Å². The lowest BCUT2D eigenvalue weighted by atomic mass is 9.81. The summed E-state index contributed by atoms with van der Waals surface area (Å²) in [4.78, 5) is 77.5. The molecular weight excluding hydrogens is 859 g/mol. The molecule has 1 fully saturated rings. The van der Waals surface area contributed by atoms with Crippen molar-refractivity contribution in [2.75, 3.05) is 57.9 Å². The standard InChI is InChI=1S/C47H64F2N6O7SSi/c1-53(44(59)17-11-25-56)33-43(58)51-23-22-50-42(57)20-27-63-34-45(60)55(24-12-21-52-47(61)62-26-28-64(2,3)4)46(36-15-9-6-10-16-36)41-29-37(39-30-38(48)18-19-40(39)49)32-54(41)31-35-13-7-5-8-14-35/h5,7-8,11,13-14,17-19,25,29-30,32,36,46H,6,9-10,12,15-16,20-24,26-28,31,33-34H2,1-4H3,(H,50,57)(H,51,58)(H,52,61)/b17-11-/t46-/m1/s1. The molecule has 1 heterocycles. The van der Waals surface area contributed by atoms with Crippen LogP contribution in [0.15, 0.2) is 72.9 Å². The molecular formula is C47H64F2N6O7SSi. The largest absolute Gasteiger partial charge is 0.450 e. The number of carbonyl (C=O) groups excluding carboxylic acids is 6. The molecule has 1 atom stereocenters. The molecule has 13 nitrogen and oxygen atoms in total. The summed E-state index contributed by atoms with van der Waals surface area (Å²) < 4.78 is 37.4. The van der Waals surface area contributed by atoms with Gasteiger partial charge in [-0.1, -0.05) is 69.2 Å². The van der Waals surface area contributed by atoms with Crippen molar-refractivity contribution in [3.05, 3.63) is 95.8 Å². The maximum absolute atomic E-state index is 15.4. The summed E-state index contributed by atoms with van der Waals surface area (Å²) in [6.07, 6.45) is 9.29. The van der Waals surface area contributed by atoms with Crippen molar-refractivity contribution in [3.63, 3.8) is 0 Å². The molecule has 3 aromatic rings. The van der Waals surface area contributed by atoms with E-state index in [1.807, 2.05) is 52.1 Å². The van der Waals surface area contributed by atoms with Gasteiger partial charge in [0.15, 0.2) is 0 Å². The van der Waals surface area contributed by atoms with Crippen LogP contribution in [0.3, 0.4) is 0 Å². The molecule has 0 unspecified atom stereocenters. The summed E-state index contributed by atoms with van der Waals surface area (Å²) in [7, 11) is 0.0341. The van der Waals surface area contributed by atoms with Gasteiger partial charge in [-0.05, 0) is 67.1 Å². The predicted molar refractivity (Wildman–Crippen MR) is 249 cm³/mol. The number of halogens is 2. The van der Waals surface area contributed by atoms with Gasteiger partial charge >= 0.3 is 6.09 Å². The maximum atomic E-state index is 15.4. The molecule has 0 bridgehead atoms.